The van der Waals surface area contributed by atoms with Crippen LogP contribution in [0.2, 0.25) is 0 Å². The fraction of sp³-hybridized carbons (Fsp3) is 0.545. The Morgan fingerprint density at radius 1 is 1.33 bits per heavy atom. The molecule has 2 heterocycles. The minimum Gasteiger partial charge on any atom is -0.380 e. The minimum atomic E-state index is 0.844. The summed E-state index contributed by atoms with van der Waals surface area (Å²) in [4.78, 5) is 6.77. The maximum Gasteiger partial charge on any atom is 0.0593 e. The zero-order chi connectivity index (χ0) is 10.5. The van der Waals surface area contributed by atoms with Gasteiger partial charge in [-0.05, 0) is 34.5 Å². The summed E-state index contributed by atoms with van der Waals surface area (Å²) in [7, 11) is 0. The zero-order valence-corrected chi connectivity index (χ0v) is 10.2. The molecule has 0 radical (unpaired) electrons. The molecule has 0 bridgehead atoms. The Hall–Kier alpha value is -0.450. The standard InChI is InChI=1S/C11H15BrN2O/c12-10-2-3-11(13-8-10)9-14-4-1-6-15-7-5-14/h2-3,8H,1,4-7,9H2. The van der Waals surface area contributed by atoms with E-state index in [2.05, 4.69) is 31.9 Å². The third kappa shape index (κ3) is 3.55. The van der Waals surface area contributed by atoms with Gasteiger partial charge in [0.15, 0.2) is 0 Å². The van der Waals surface area contributed by atoms with Crippen molar-refractivity contribution in [2.45, 2.75) is 13.0 Å². The summed E-state index contributed by atoms with van der Waals surface area (Å²) in [5, 5.41) is 0. The molecule has 0 unspecified atom stereocenters. The summed E-state index contributed by atoms with van der Waals surface area (Å²) in [5.74, 6) is 0. The molecular weight excluding hydrogens is 256 g/mol. The highest BCUT2D eigenvalue weighted by molar-refractivity contribution is 9.10. The number of nitrogens with zero attached hydrogens (tertiary/aromatic N) is 2. The summed E-state index contributed by atoms with van der Waals surface area (Å²) in [6, 6.07) is 4.10. The number of rotatable bonds is 2. The summed E-state index contributed by atoms with van der Waals surface area (Å²) in [6.07, 6.45) is 2.97. The predicted octanol–water partition coefficient (Wildman–Crippen LogP) is 2.07. The number of ether oxygens (including phenoxy) is 1. The van der Waals surface area contributed by atoms with E-state index in [1.54, 1.807) is 0 Å². The molecule has 4 heteroatoms. The lowest BCUT2D eigenvalue weighted by Gasteiger charge is -2.18. The number of hydrogen-bond acceptors (Lipinski definition) is 3. The van der Waals surface area contributed by atoms with Crippen LogP contribution in [0.4, 0.5) is 0 Å². The van der Waals surface area contributed by atoms with E-state index in [0.29, 0.717) is 0 Å². The van der Waals surface area contributed by atoms with Crippen molar-refractivity contribution in [2.75, 3.05) is 26.3 Å². The first-order valence-electron chi connectivity index (χ1n) is 5.25. The molecule has 1 fully saturated rings. The van der Waals surface area contributed by atoms with Crippen molar-refractivity contribution in [1.29, 1.82) is 0 Å². The van der Waals surface area contributed by atoms with Gasteiger partial charge in [-0.2, -0.15) is 0 Å². The maximum absolute atomic E-state index is 5.41. The molecule has 1 saturated heterocycles. The van der Waals surface area contributed by atoms with E-state index in [-0.39, 0.29) is 0 Å². The highest BCUT2D eigenvalue weighted by Crippen LogP contribution is 2.10. The fourth-order valence-electron chi connectivity index (χ4n) is 1.68. The third-order valence-electron chi connectivity index (χ3n) is 2.49. The molecule has 0 spiro atoms. The SMILES string of the molecule is Brc1ccc(CN2CCCOCC2)nc1. The Kier molecular flexibility index (Phi) is 4.11. The van der Waals surface area contributed by atoms with Gasteiger partial charge in [-0.1, -0.05) is 0 Å². The van der Waals surface area contributed by atoms with Crippen molar-refractivity contribution in [3.63, 3.8) is 0 Å². The molecule has 1 aromatic rings. The van der Waals surface area contributed by atoms with Crippen molar-refractivity contribution < 1.29 is 4.74 Å². The van der Waals surface area contributed by atoms with Gasteiger partial charge >= 0.3 is 0 Å². The number of aromatic nitrogens is 1. The van der Waals surface area contributed by atoms with Crippen molar-refractivity contribution in [1.82, 2.24) is 9.88 Å². The average Bonchev–Trinajstić information content (AvgIpc) is 2.50. The first-order chi connectivity index (χ1) is 7.34. The monoisotopic (exact) mass is 270 g/mol. The lowest BCUT2D eigenvalue weighted by molar-refractivity contribution is 0.140. The molecule has 0 amide bonds. The Bertz CT molecular complexity index is 294. The van der Waals surface area contributed by atoms with E-state index < -0.39 is 0 Å². The number of pyridine rings is 1. The molecule has 82 valence electrons. The smallest absolute Gasteiger partial charge is 0.0593 e. The van der Waals surface area contributed by atoms with Crippen LogP contribution in [0.1, 0.15) is 12.1 Å². The fourth-order valence-corrected chi connectivity index (χ4v) is 1.92. The van der Waals surface area contributed by atoms with Gasteiger partial charge in [0.2, 0.25) is 0 Å². The lowest BCUT2D eigenvalue weighted by Crippen LogP contribution is -2.26. The molecule has 1 aliphatic rings. The second-order valence-electron chi connectivity index (χ2n) is 3.71. The Morgan fingerprint density at radius 3 is 3.07 bits per heavy atom. The quantitative estimate of drug-likeness (QED) is 0.823. The van der Waals surface area contributed by atoms with Gasteiger partial charge in [0.25, 0.3) is 0 Å². The largest absolute Gasteiger partial charge is 0.380 e. The van der Waals surface area contributed by atoms with Crippen LogP contribution in [0.25, 0.3) is 0 Å². The predicted molar refractivity (Wildman–Crippen MR) is 62.7 cm³/mol. The molecule has 0 N–H and O–H groups in total. The molecule has 15 heavy (non-hydrogen) atoms. The van der Waals surface area contributed by atoms with Crippen LogP contribution in [-0.4, -0.2) is 36.2 Å². The molecule has 0 aromatic carbocycles. The van der Waals surface area contributed by atoms with Crippen LogP contribution < -0.4 is 0 Å². The Balaban J connectivity index is 1.92. The van der Waals surface area contributed by atoms with E-state index in [4.69, 9.17) is 4.74 Å². The van der Waals surface area contributed by atoms with Crippen LogP contribution >= 0.6 is 15.9 Å². The van der Waals surface area contributed by atoms with Crippen LogP contribution in [-0.2, 0) is 11.3 Å². The number of hydrogen-bond donors (Lipinski definition) is 0. The van der Waals surface area contributed by atoms with E-state index in [1.165, 1.54) is 0 Å². The second-order valence-corrected chi connectivity index (χ2v) is 4.63. The van der Waals surface area contributed by atoms with Crippen LogP contribution in [0.5, 0.6) is 0 Å². The maximum atomic E-state index is 5.41. The highest BCUT2D eigenvalue weighted by atomic mass is 79.9. The summed E-state index contributed by atoms with van der Waals surface area (Å²) in [6.45, 7) is 4.78. The van der Waals surface area contributed by atoms with Crippen LogP contribution in [0.3, 0.4) is 0 Å². The van der Waals surface area contributed by atoms with E-state index in [9.17, 15) is 0 Å². The van der Waals surface area contributed by atoms with Crippen molar-refractivity contribution >= 4 is 15.9 Å². The molecule has 0 saturated carbocycles. The van der Waals surface area contributed by atoms with E-state index in [1.807, 2.05) is 12.3 Å². The van der Waals surface area contributed by atoms with E-state index in [0.717, 1.165) is 49.4 Å². The molecule has 1 aromatic heterocycles. The van der Waals surface area contributed by atoms with Crippen molar-refractivity contribution in [3.05, 3.63) is 28.5 Å². The second kappa shape index (κ2) is 5.58. The van der Waals surface area contributed by atoms with Crippen molar-refractivity contribution in [3.8, 4) is 0 Å². The van der Waals surface area contributed by atoms with Gasteiger partial charge in [0.1, 0.15) is 0 Å². The van der Waals surface area contributed by atoms with Gasteiger partial charge < -0.3 is 4.74 Å². The normalized spacial score (nSPS) is 18.7. The summed E-state index contributed by atoms with van der Waals surface area (Å²) < 4.78 is 6.44. The van der Waals surface area contributed by atoms with E-state index >= 15 is 0 Å². The summed E-state index contributed by atoms with van der Waals surface area (Å²) in [5.41, 5.74) is 1.13. The Labute approximate surface area is 98.6 Å². The lowest BCUT2D eigenvalue weighted by atomic mass is 10.3. The summed E-state index contributed by atoms with van der Waals surface area (Å²) >= 11 is 3.39. The molecule has 2 rings (SSSR count). The van der Waals surface area contributed by atoms with Crippen LogP contribution in [0.15, 0.2) is 22.8 Å². The van der Waals surface area contributed by atoms with Gasteiger partial charge in [-0.25, -0.2) is 0 Å². The Morgan fingerprint density at radius 2 is 2.27 bits per heavy atom. The first kappa shape index (κ1) is 11.0. The molecule has 3 nitrogen and oxygen atoms in total. The zero-order valence-electron chi connectivity index (χ0n) is 8.66. The average molecular weight is 271 g/mol. The first-order valence-corrected chi connectivity index (χ1v) is 6.04. The highest BCUT2D eigenvalue weighted by Gasteiger charge is 2.09. The van der Waals surface area contributed by atoms with Gasteiger partial charge in [-0.15, -0.1) is 0 Å². The topological polar surface area (TPSA) is 25.4 Å². The van der Waals surface area contributed by atoms with Crippen LogP contribution in [0, 0.1) is 0 Å². The van der Waals surface area contributed by atoms with Gasteiger partial charge in [0, 0.05) is 36.9 Å². The molecule has 0 aliphatic carbocycles. The number of halogens is 1. The molecule has 1 aliphatic heterocycles. The molecule has 0 atom stereocenters. The molecular formula is C11H15BrN2O. The third-order valence-corrected chi connectivity index (χ3v) is 2.96. The van der Waals surface area contributed by atoms with Gasteiger partial charge in [0.05, 0.1) is 12.3 Å². The minimum absolute atomic E-state index is 0.844. The van der Waals surface area contributed by atoms with Gasteiger partial charge in [-0.3, -0.25) is 9.88 Å². The van der Waals surface area contributed by atoms with Crippen molar-refractivity contribution in [2.24, 2.45) is 0 Å².